The van der Waals surface area contributed by atoms with Crippen molar-refractivity contribution in [2.24, 2.45) is 0 Å². The van der Waals surface area contributed by atoms with E-state index in [0.29, 0.717) is 23.1 Å². The molecule has 0 aliphatic carbocycles. The van der Waals surface area contributed by atoms with Crippen LogP contribution in [0.5, 0.6) is 0 Å². The number of carbonyl (C=O) groups is 1. The van der Waals surface area contributed by atoms with Gasteiger partial charge in [0.1, 0.15) is 17.1 Å². The van der Waals surface area contributed by atoms with Crippen molar-refractivity contribution in [1.29, 1.82) is 0 Å². The molecule has 1 atom stereocenters. The van der Waals surface area contributed by atoms with E-state index in [1.54, 1.807) is 12.1 Å². The molecule has 1 aromatic carbocycles. The summed E-state index contributed by atoms with van der Waals surface area (Å²) in [6.07, 6.45) is 0. The number of furan rings is 2. The van der Waals surface area contributed by atoms with Crippen LogP contribution in [-0.4, -0.2) is 37.1 Å². The SMILES string of the molecule is CC(NC(=O)c1ccc(CN2CCOCC2)o1)c1cc2cc(Cl)ccc2o1. The Bertz CT molecular complexity index is 943. The molecule has 0 bridgehead atoms. The second-order valence-corrected chi connectivity index (χ2v) is 7.12. The van der Waals surface area contributed by atoms with Crippen LogP contribution in [0.25, 0.3) is 11.0 Å². The number of rotatable bonds is 5. The zero-order valence-electron chi connectivity index (χ0n) is 15.0. The molecule has 0 saturated carbocycles. The number of carbonyl (C=O) groups excluding carboxylic acids is 1. The molecule has 1 saturated heterocycles. The van der Waals surface area contributed by atoms with E-state index in [0.717, 1.165) is 43.0 Å². The molecular formula is C20H21ClN2O4. The van der Waals surface area contributed by atoms with E-state index in [9.17, 15) is 4.79 Å². The molecule has 2 aromatic heterocycles. The van der Waals surface area contributed by atoms with E-state index in [-0.39, 0.29) is 11.9 Å². The van der Waals surface area contributed by atoms with Crippen LogP contribution in [0, 0.1) is 0 Å². The summed E-state index contributed by atoms with van der Waals surface area (Å²) in [4.78, 5) is 14.7. The molecule has 1 unspecified atom stereocenters. The first-order valence-electron chi connectivity index (χ1n) is 8.97. The predicted molar refractivity (Wildman–Crippen MR) is 102 cm³/mol. The summed E-state index contributed by atoms with van der Waals surface area (Å²) in [5.74, 6) is 1.47. The van der Waals surface area contributed by atoms with Crippen LogP contribution in [0.2, 0.25) is 5.02 Å². The highest BCUT2D eigenvalue weighted by atomic mass is 35.5. The van der Waals surface area contributed by atoms with Gasteiger partial charge in [-0.05, 0) is 43.3 Å². The number of fused-ring (bicyclic) bond motifs is 1. The van der Waals surface area contributed by atoms with Gasteiger partial charge in [0.2, 0.25) is 0 Å². The zero-order chi connectivity index (χ0) is 18.8. The third-order valence-corrected chi connectivity index (χ3v) is 4.88. The molecule has 3 heterocycles. The minimum atomic E-state index is -0.295. The number of halogens is 1. The van der Waals surface area contributed by atoms with Crippen molar-refractivity contribution in [3.63, 3.8) is 0 Å². The average Bonchev–Trinajstić information content (AvgIpc) is 3.29. The molecule has 1 amide bonds. The Morgan fingerprint density at radius 2 is 2.00 bits per heavy atom. The van der Waals surface area contributed by atoms with E-state index in [2.05, 4.69) is 10.2 Å². The first-order valence-corrected chi connectivity index (χ1v) is 9.35. The van der Waals surface area contributed by atoms with Gasteiger partial charge in [-0.3, -0.25) is 9.69 Å². The molecule has 6 nitrogen and oxygen atoms in total. The maximum absolute atomic E-state index is 12.5. The Hall–Kier alpha value is -2.28. The van der Waals surface area contributed by atoms with Gasteiger partial charge in [-0.15, -0.1) is 0 Å². The van der Waals surface area contributed by atoms with Gasteiger partial charge in [0.05, 0.1) is 25.8 Å². The molecule has 0 radical (unpaired) electrons. The number of nitrogens with one attached hydrogen (secondary N) is 1. The summed E-state index contributed by atoms with van der Waals surface area (Å²) >= 11 is 6.01. The van der Waals surface area contributed by atoms with Crippen molar-refractivity contribution >= 4 is 28.5 Å². The van der Waals surface area contributed by atoms with Crippen LogP contribution in [0.4, 0.5) is 0 Å². The lowest BCUT2D eigenvalue weighted by molar-refractivity contribution is 0.0311. The van der Waals surface area contributed by atoms with E-state index in [1.165, 1.54) is 0 Å². The Morgan fingerprint density at radius 1 is 1.19 bits per heavy atom. The number of hydrogen-bond acceptors (Lipinski definition) is 5. The topological polar surface area (TPSA) is 67.9 Å². The van der Waals surface area contributed by atoms with Gasteiger partial charge < -0.3 is 18.9 Å². The Balaban J connectivity index is 1.40. The molecule has 1 N–H and O–H groups in total. The first-order chi connectivity index (χ1) is 13.1. The van der Waals surface area contributed by atoms with Gasteiger partial charge in [0, 0.05) is 23.5 Å². The molecular weight excluding hydrogens is 368 g/mol. The summed E-state index contributed by atoms with van der Waals surface area (Å²) in [5, 5.41) is 4.47. The van der Waals surface area contributed by atoms with E-state index < -0.39 is 0 Å². The number of morpholine rings is 1. The van der Waals surface area contributed by atoms with Crippen molar-refractivity contribution in [1.82, 2.24) is 10.2 Å². The standard InChI is InChI=1S/C20H21ClN2O4/c1-13(19-11-14-10-15(21)2-4-17(14)27-19)22-20(24)18-5-3-16(26-18)12-23-6-8-25-9-7-23/h2-5,10-11,13H,6-9,12H2,1H3,(H,22,24). The molecule has 0 spiro atoms. The minimum absolute atomic E-state index is 0.269. The summed E-state index contributed by atoms with van der Waals surface area (Å²) in [5.41, 5.74) is 0.737. The molecule has 1 aliphatic rings. The molecule has 27 heavy (non-hydrogen) atoms. The van der Waals surface area contributed by atoms with Crippen molar-refractivity contribution in [2.45, 2.75) is 19.5 Å². The van der Waals surface area contributed by atoms with Gasteiger partial charge in [0.25, 0.3) is 5.91 Å². The second-order valence-electron chi connectivity index (χ2n) is 6.68. The van der Waals surface area contributed by atoms with Gasteiger partial charge in [-0.25, -0.2) is 0 Å². The summed E-state index contributed by atoms with van der Waals surface area (Å²) < 4.78 is 16.9. The Kier molecular flexibility index (Phi) is 5.20. The fourth-order valence-corrected chi connectivity index (χ4v) is 3.33. The number of nitrogens with zero attached hydrogens (tertiary/aromatic N) is 1. The smallest absolute Gasteiger partial charge is 0.287 e. The van der Waals surface area contributed by atoms with Crippen LogP contribution >= 0.6 is 11.6 Å². The van der Waals surface area contributed by atoms with Crippen LogP contribution in [0.1, 0.15) is 35.0 Å². The summed E-state index contributed by atoms with van der Waals surface area (Å²) in [7, 11) is 0. The normalized spacial score (nSPS) is 16.5. The predicted octanol–water partition coefficient (Wildman–Crippen LogP) is 4.00. The van der Waals surface area contributed by atoms with Gasteiger partial charge in [-0.2, -0.15) is 0 Å². The average molecular weight is 389 g/mol. The number of amides is 1. The third-order valence-electron chi connectivity index (χ3n) is 4.64. The molecule has 3 aromatic rings. The largest absolute Gasteiger partial charge is 0.459 e. The summed E-state index contributed by atoms with van der Waals surface area (Å²) in [6.45, 7) is 5.75. The molecule has 1 fully saturated rings. The van der Waals surface area contributed by atoms with Crippen molar-refractivity contribution in [2.75, 3.05) is 26.3 Å². The fraction of sp³-hybridized carbons (Fsp3) is 0.350. The molecule has 142 valence electrons. The van der Waals surface area contributed by atoms with Crippen molar-refractivity contribution in [3.05, 3.63) is 58.7 Å². The van der Waals surface area contributed by atoms with E-state index in [1.807, 2.05) is 31.2 Å². The fourth-order valence-electron chi connectivity index (χ4n) is 3.15. The number of ether oxygens (including phenoxy) is 1. The lowest BCUT2D eigenvalue weighted by Crippen LogP contribution is -2.35. The monoisotopic (exact) mass is 388 g/mol. The minimum Gasteiger partial charge on any atom is -0.459 e. The highest BCUT2D eigenvalue weighted by molar-refractivity contribution is 6.31. The third kappa shape index (κ3) is 4.18. The van der Waals surface area contributed by atoms with Gasteiger partial charge in [-0.1, -0.05) is 11.6 Å². The van der Waals surface area contributed by atoms with Crippen LogP contribution in [0.15, 0.2) is 45.2 Å². The molecule has 7 heteroatoms. The van der Waals surface area contributed by atoms with Crippen LogP contribution in [-0.2, 0) is 11.3 Å². The molecule has 4 rings (SSSR count). The van der Waals surface area contributed by atoms with Crippen molar-refractivity contribution < 1.29 is 18.4 Å². The maximum atomic E-state index is 12.5. The second kappa shape index (κ2) is 7.76. The number of benzene rings is 1. The molecule has 1 aliphatic heterocycles. The van der Waals surface area contributed by atoms with Gasteiger partial charge >= 0.3 is 0 Å². The zero-order valence-corrected chi connectivity index (χ0v) is 15.8. The quantitative estimate of drug-likeness (QED) is 0.715. The summed E-state index contributed by atoms with van der Waals surface area (Å²) in [6, 6.07) is 10.6. The van der Waals surface area contributed by atoms with Crippen LogP contribution < -0.4 is 5.32 Å². The highest BCUT2D eigenvalue weighted by Gasteiger charge is 2.19. The van der Waals surface area contributed by atoms with E-state index >= 15 is 0 Å². The van der Waals surface area contributed by atoms with Crippen LogP contribution in [0.3, 0.4) is 0 Å². The highest BCUT2D eigenvalue weighted by Crippen LogP contribution is 2.26. The lowest BCUT2D eigenvalue weighted by atomic mass is 10.2. The lowest BCUT2D eigenvalue weighted by Gasteiger charge is -2.25. The number of hydrogen-bond donors (Lipinski definition) is 1. The van der Waals surface area contributed by atoms with E-state index in [4.69, 9.17) is 25.2 Å². The Labute approximate surface area is 162 Å². The first kappa shape index (κ1) is 18.1. The van der Waals surface area contributed by atoms with Gasteiger partial charge in [0.15, 0.2) is 5.76 Å². The van der Waals surface area contributed by atoms with Crippen molar-refractivity contribution in [3.8, 4) is 0 Å². The Morgan fingerprint density at radius 3 is 2.81 bits per heavy atom. The maximum Gasteiger partial charge on any atom is 0.287 e.